The predicted octanol–water partition coefficient (Wildman–Crippen LogP) is 3.99. The fraction of sp³-hybridized carbons (Fsp3) is 0.133. The molecule has 2 aromatic carbocycles. The number of carbonyl (C=O) groups is 1. The zero-order valence-corrected chi connectivity index (χ0v) is 11.1. The van der Waals surface area contributed by atoms with Crippen LogP contribution in [0.15, 0.2) is 42.5 Å². The second-order valence-electron chi connectivity index (χ2n) is 4.32. The second-order valence-corrected chi connectivity index (χ2v) is 4.32. The molecule has 0 unspecified atom stereocenters. The van der Waals surface area contributed by atoms with Crippen molar-refractivity contribution in [1.29, 1.82) is 0 Å². The van der Waals surface area contributed by atoms with Gasteiger partial charge in [0.1, 0.15) is 11.6 Å². The van der Waals surface area contributed by atoms with Crippen molar-refractivity contribution >= 4 is 11.6 Å². The van der Waals surface area contributed by atoms with Crippen molar-refractivity contribution in [2.24, 2.45) is 0 Å². The minimum Gasteiger partial charge on any atom is -0.435 e. The van der Waals surface area contributed by atoms with E-state index >= 15 is 0 Å². The zero-order valence-electron chi connectivity index (χ0n) is 11.1. The normalized spacial score (nSPS) is 10.5. The number of rotatable bonds is 4. The topological polar surface area (TPSA) is 38.3 Å². The first-order valence-electron chi connectivity index (χ1n) is 6.08. The van der Waals surface area contributed by atoms with Gasteiger partial charge < -0.3 is 10.1 Å². The van der Waals surface area contributed by atoms with Crippen LogP contribution in [0.4, 0.5) is 18.9 Å². The highest BCUT2D eigenvalue weighted by Crippen LogP contribution is 2.18. The summed E-state index contributed by atoms with van der Waals surface area (Å²) in [7, 11) is 0. The molecule has 0 saturated carbocycles. The van der Waals surface area contributed by atoms with Crippen LogP contribution in [-0.2, 0) is 0 Å². The van der Waals surface area contributed by atoms with Crippen LogP contribution in [0.5, 0.6) is 5.75 Å². The molecule has 0 fully saturated rings. The van der Waals surface area contributed by atoms with E-state index in [1.54, 1.807) is 6.92 Å². The van der Waals surface area contributed by atoms with Gasteiger partial charge in [-0.1, -0.05) is 0 Å². The van der Waals surface area contributed by atoms with Gasteiger partial charge in [0.2, 0.25) is 0 Å². The molecule has 0 spiro atoms. The van der Waals surface area contributed by atoms with Crippen molar-refractivity contribution in [3.8, 4) is 5.75 Å². The Morgan fingerprint density at radius 2 is 1.81 bits per heavy atom. The molecule has 0 aliphatic carbocycles. The van der Waals surface area contributed by atoms with E-state index in [0.717, 1.165) is 0 Å². The minimum absolute atomic E-state index is 0.0282. The molecule has 2 aromatic rings. The van der Waals surface area contributed by atoms with Crippen LogP contribution < -0.4 is 10.1 Å². The molecule has 21 heavy (non-hydrogen) atoms. The summed E-state index contributed by atoms with van der Waals surface area (Å²) in [5.41, 5.74) is 1.34. The predicted molar refractivity (Wildman–Crippen MR) is 72.2 cm³/mol. The summed E-state index contributed by atoms with van der Waals surface area (Å²) in [6.45, 7) is -1.25. The Morgan fingerprint density at radius 3 is 2.38 bits per heavy atom. The van der Waals surface area contributed by atoms with E-state index < -0.39 is 12.5 Å². The third-order valence-corrected chi connectivity index (χ3v) is 2.78. The summed E-state index contributed by atoms with van der Waals surface area (Å²) in [4.78, 5) is 12.0. The van der Waals surface area contributed by atoms with E-state index in [9.17, 15) is 18.0 Å². The van der Waals surface area contributed by atoms with E-state index in [-0.39, 0.29) is 17.1 Å². The lowest BCUT2D eigenvalue weighted by atomic mass is 10.1. The Morgan fingerprint density at radius 1 is 1.14 bits per heavy atom. The van der Waals surface area contributed by atoms with Gasteiger partial charge in [-0.15, -0.1) is 0 Å². The molecule has 0 radical (unpaired) electrons. The highest BCUT2D eigenvalue weighted by molar-refractivity contribution is 6.04. The Hall–Kier alpha value is -2.50. The van der Waals surface area contributed by atoms with Crippen molar-refractivity contribution < 1.29 is 22.7 Å². The molecule has 1 N–H and O–H groups in total. The van der Waals surface area contributed by atoms with Crippen LogP contribution in [0.1, 0.15) is 15.9 Å². The summed E-state index contributed by atoms with van der Waals surface area (Å²) < 4.78 is 41.2. The van der Waals surface area contributed by atoms with Crippen molar-refractivity contribution in [2.75, 3.05) is 5.32 Å². The molecule has 0 aliphatic heterocycles. The lowest BCUT2D eigenvalue weighted by Gasteiger charge is -2.09. The number of ether oxygens (including phenoxy) is 1. The maximum atomic E-state index is 13.0. The fourth-order valence-electron chi connectivity index (χ4n) is 1.75. The van der Waals surface area contributed by atoms with Gasteiger partial charge in [-0.25, -0.2) is 4.39 Å². The number of halogens is 3. The monoisotopic (exact) mass is 295 g/mol. The first-order chi connectivity index (χ1) is 9.95. The highest BCUT2D eigenvalue weighted by atomic mass is 19.3. The minimum atomic E-state index is -2.91. The molecule has 1 amide bonds. The smallest absolute Gasteiger partial charge is 0.387 e. The average Bonchev–Trinajstić information content (AvgIpc) is 2.42. The van der Waals surface area contributed by atoms with E-state index in [1.807, 2.05) is 0 Å². The van der Waals surface area contributed by atoms with E-state index in [1.165, 1.54) is 42.5 Å². The van der Waals surface area contributed by atoms with Crippen molar-refractivity contribution in [3.63, 3.8) is 0 Å². The number of benzene rings is 2. The van der Waals surface area contributed by atoms with Gasteiger partial charge in [0.05, 0.1) is 0 Å². The number of anilines is 1. The number of alkyl halides is 2. The molecule has 0 atom stereocenters. The van der Waals surface area contributed by atoms with Crippen molar-refractivity contribution in [1.82, 2.24) is 0 Å². The van der Waals surface area contributed by atoms with E-state index in [0.29, 0.717) is 11.3 Å². The fourth-order valence-corrected chi connectivity index (χ4v) is 1.75. The van der Waals surface area contributed by atoms with Crippen LogP contribution in [0.3, 0.4) is 0 Å². The zero-order chi connectivity index (χ0) is 15.4. The number of carbonyl (C=O) groups excluding carboxylic acids is 1. The molecule has 0 heterocycles. The lowest BCUT2D eigenvalue weighted by Crippen LogP contribution is -2.13. The van der Waals surface area contributed by atoms with Gasteiger partial charge in [-0.05, 0) is 55.0 Å². The van der Waals surface area contributed by atoms with Gasteiger partial charge in [-0.2, -0.15) is 8.78 Å². The Bertz CT molecular complexity index is 642. The van der Waals surface area contributed by atoms with Crippen LogP contribution in [0, 0.1) is 12.7 Å². The summed E-state index contributed by atoms with van der Waals surface area (Å²) in [6.07, 6.45) is 0. The summed E-state index contributed by atoms with van der Waals surface area (Å²) in [5.74, 6) is -0.841. The largest absolute Gasteiger partial charge is 0.435 e. The molecule has 0 bridgehead atoms. The van der Waals surface area contributed by atoms with E-state index in [4.69, 9.17) is 0 Å². The molecule has 0 aliphatic rings. The number of hydrogen-bond acceptors (Lipinski definition) is 2. The molecule has 0 saturated heterocycles. The molecule has 2 rings (SSSR count). The highest BCUT2D eigenvalue weighted by Gasteiger charge is 2.09. The number of amides is 1. The van der Waals surface area contributed by atoms with Crippen molar-refractivity contribution in [2.45, 2.75) is 13.5 Å². The molecule has 0 aromatic heterocycles. The van der Waals surface area contributed by atoms with Crippen LogP contribution >= 0.6 is 0 Å². The average molecular weight is 295 g/mol. The van der Waals surface area contributed by atoms with Crippen LogP contribution in [0.25, 0.3) is 0 Å². The van der Waals surface area contributed by atoms with Gasteiger partial charge in [0.15, 0.2) is 0 Å². The molecule has 6 heteroatoms. The maximum Gasteiger partial charge on any atom is 0.387 e. The summed E-state index contributed by atoms with van der Waals surface area (Å²) in [5, 5.41) is 2.62. The van der Waals surface area contributed by atoms with Gasteiger partial charge >= 0.3 is 6.61 Å². The Kier molecular flexibility index (Phi) is 4.47. The summed E-state index contributed by atoms with van der Waals surface area (Å²) >= 11 is 0. The maximum absolute atomic E-state index is 13.0. The lowest BCUT2D eigenvalue weighted by molar-refractivity contribution is -0.0498. The van der Waals surface area contributed by atoms with E-state index in [2.05, 4.69) is 10.1 Å². The first-order valence-corrected chi connectivity index (χ1v) is 6.08. The third-order valence-electron chi connectivity index (χ3n) is 2.78. The SMILES string of the molecule is Cc1cc(F)ccc1NC(=O)c1ccc(OC(F)F)cc1. The second kappa shape index (κ2) is 6.30. The number of hydrogen-bond donors (Lipinski definition) is 1. The Labute approximate surface area is 119 Å². The molecular weight excluding hydrogens is 283 g/mol. The quantitative estimate of drug-likeness (QED) is 0.926. The molecule has 110 valence electrons. The summed E-state index contributed by atoms with van der Waals surface area (Å²) in [6, 6.07) is 9.28. The van der Waals surface area contributed by atoms with Crippen LogP contribution in [-0.4, -0.2) is 12.5 Å². The van der Waals surface area contributed by atoms with Crippen LogP contribution in [0.2, 0.25) is 0 Å². The number of nitrogens with one attached hydrogen (secondary N) is 1. The molecule has 3 nitrogen and oxygen atoms in total. The Balaban J connectivity index is 2.09. The first kappa shape index (κ1) is 14.9. The van der Waals surface area contributed by atoms with Gasteiger partial charge in [0, 0.05) is 11.3 Å². The van der Waals surface area contributed by atoms with Crippen molar-refractivity contribution in [3.05, 3.63) is 59.4 Å². The molecular formula is C15H12F3NO2. The standard InChI is InChI=1S/C15H12F3NO2/c1-9-8-11(16)4-7-13(9)19-14(20)10-2-5-12(6-3-10)21-15(17)18/h2-8,15H,1H3,(H,19,20). The van der Waals surface area contributed by atoms with Gasteiger partial charge in [-0.3, -0.25) is 4.79 Å². The van der Waals surface area contributed by atoms with Gasteiger partial charge in [0.25, 0.3) is 5.91 Å². The third kappa shape index (κ3) is 3.98. The number of aryl methyl sites for hydroxylation is 1.